The molecule has 13 rings (SSSR count). The Morgan fingerprint density at radius 2 is 0.819 bits per heavy atom. The third-order valence-electron chi connectivity index (χ3n) is 14.9. The maximum atomic E-state index is 4.16. The Morgan fingerprint density at radius 3 is 1.36 bits per heavy atom. The van der Waals surface area contributed by atoms with Crippen LogP contribution in [-0.4, -0.2) is 0 Å². The summed E-state index contributed by atoms with van der Waals surface area (Å²) in [6.07, 6.45) is 8.17. The van der Waals surface area contributed by atoms with Crippen LogP contribution in [0.2, 0.25) is 0 Å². The largest absolute Gasteiger partial charge is 0.310 e. The van der Waals surface area contributed by atoms with Gasteiger partial charge in [-0.25, -0.2) is 0 Å². The summed E-state index contributed by atoms with van der Waals surface area (Å²) in [7, 11) is 0. The first-order valence-corrected chi connectivity index (χ1v) is 24.9. The fourth-order valence-corrected chi connectivity index (χ4v) is 11.7. The molecule has 0 saturated heterocycles. The fourth-order valence-electron chi connectivity index (χ4n) is 11.7. The minimum atomic E-state index is -0.539. The van der Waals surface area contributed by atoms with Gasteiger partial charge in [-0.2, -0.15) is 0 Å². The van der Waals surface area contributed by atoms with Crippen molar-refractivity contribution in [2.75, 3.05) is 9.80 Å². The topological polar surface area (TPSA) is 6.48 Å². The summed E-state index contributed by atoms with van der Waals surface area (Å²) in [6.45, 7) is 6.20. The fraction of sp³-hybridized carbons (Fsp3) is 0.0286. The molecular formula is C70H50N2. The summed E-state index contributed by atoms with van der Waals surface area (Å²) < 4.78 is 0. The molecular weight excluding hydrogens is 869 g/mol. The van der Waals surface area contributed by atoms with Gasteiger partial charge >= 0.3 is 0 Å². The smallest absolute Gasteiger partial charge is 0.0725 e. The van der Waals surface area contributed by atoms with Gasteiger partial charge in [0.15, 0.2) is 0 Å². The third-order valence-corrected chi connectivity index (χ3v) is 14.9. The molecule has 0 amide bonds. The van der Waals surface area contributed by atoms with Crippen molar-refractivity contribution in [1.29, 1.82) is 0 Å². The summed E-state index contributed by atoms with van der Waals surface area (Å²) in [5.74, 6) is 0. The number of hydrogen-bond donors (Lipinski definition) is 0. The highest BCUT2D eigenvalue weighted by Crippen LogP contribution is 2.64. The standard InChI is InChI=1S/C70H50N2/c1-3-5-21-48(4-2)50-24-19-30-58(40-50)71(56-26-11-7-12-27-56)60-38-36-52-44-64-65-45-53-37-39-61(72(57-28-13-8-14-29-57)59-31-20-25-51(41-59)49-22-9-6-10-23-49)43-55(53)47-69(65)70(68(64)46-54(52)42-60)66-34-17-15-32-62(66)63-33-16-18-35-67(63)70/h3-47H,2H2,1H3/b5-3-,48-21+. The van der Waals surface area contributed by atoms with Crippen molar-refractivity contribution in [3.05, 3.63) is 307 Å². The molecule has 11 aromatic carbocycles. The van der Waals surface area contributed by atoms with E-state index >= 15 is 0 Å². The van der Waals surface area contributed by atoms with Gasteiger partial charge < -0.3 is 9.80 Å². The summed E-state index contributed by atoms with van der Waals surface area (Å²) in [5, 5.41) is 4.81. The van der Waals surface area contributed by atoms with E-state index in [4.69, 9.17) is 0 Å². The highest BCUT2D eigenvalue weighted by Gasteiger charge is 2.51. The van der Waals surface area contributed by atoms with Crippen molar-refractivity contribution in [3.8, 4) is 33.4 Å². The lowest BCUT2D eigenvalue weighted by Gasteiger charge is -2.31. The molecule has 0 N–H and O–H groups in total. The second kappa shape index (κ2) is 17.6. The molecule has 0 radical (unpaired) electrons. The van der Waals surface area contributed by atoms with E-state index in [1.54, 1.807) is 0 Å². The van der Waals surface area contributed by atoms with E-state index in [1.807, 2.05) is 19.1 Å². The molecule has 2 aliphatic rings. The van der Waals surface area contributed by atoms with Crippen LogP contribution in [-0.2, 0) is 5.41 Å². The van der Waals surface area contributed by atoms with Gasteiger partial charge in [-0.1, -0.05) is 183 Å². The first-order chi connectivity index (χ1) is 35.6. The predicted octanol–water partition coefficient (Wildman–Crippen LogP) is 19.1. The average Bonchev–Trinajstić information content (AvgIpc) is 3.89. The maximum absolute atomic E-state index is 4.16. The van der Waals surface area contributed by atoms with E-state index < -0.39 is 5.41 Å². The second-order valence-electron chi connectivity index (χ2n) is 18.9. The molecule has 0 fully saturated rings. The van der Waals surface area contributed by atoms with Gasteiger partial charge in [0.2, 0.25) is 0 Å². The Labute approximate surface area is 422 Å². The van der Waals surface area contributed by atoms with Crippen molar-refractivity contribution in [3.63, 3.8) is 0 Å². The summed E-state index contributed by atoms with van der Waals surface area (Å²) >= 11 is 0. The Kier molecular flexibility index (Phi) is 10.5. The normalized spacial score (nSPS) is 13.0. The van der Waals surface area contributed by atoms with Gasteiger partial charge in [0.25, 0.3) is 0 Å². The maximum Gasteiger partial charge on any atom is 0.0725 e. The number of anilines is 6. The van der Waals surface area contributed by atoms with Gasteiger partial charge in [-0.15, -0.1) is 0 Å². The molecule has 1 spiro atoms. The van der Waals surface area contributed by atoms with Crippen molar-refractivity contribution < 1.29 is 0 Å². The summed E-state index contributed by atoms with van der Waals surface area (Å²) in [4.78, 5) is 4.76. The molecule has 72 heavy (non-hydrogen) atoms. The van der Waals surface area contributed by atoms with Gasteiger partial charge in [0.05, 0.1) is 5.41 Å². The molecule has 11 aromatic rings. The molecule has 2 aliphatic carbocycles. The minimum Gasteiger partial charge on any atom is -0.310 e. The van der Waals surface area contributed by atoms with Crippen LogP contribution in [0.25, 0.3) is 60.5 Å². The lowest BCUT2D eigenvalue weighted by atomic mass is 9.70. The van der Waals surface area contributed by atoms with Crippen molar-refractivity contribution in [1.82, 2.24) is 0 Å². The minimum absolute atomic E-state index is 0.539. The number of fused-ring (bicyclic) bond motifs is 12. The van der Waals surface area contributed by atoms with Crippen LogP contribution in [0, 0.1) is 0 Å². The number of allylic oxidation sites excluding steroid dienone is 5. The van der Waals surface area contributed by atoms with Crippen LogP contribution in [0.5, 0.6) is 0 Å². The van der Waals surface area contributed by atoms with E-state index in [-0.39, 0.29) is 0 Å². The summed E-state index contributed by atoms with van der Waals surface area (Å²) in [6, 6.07) is 91.9. The number of benzene rings is 11. The Bertz CT molecular complexity index is 3910. The first-order valence-electron chi connectivity index (χ1n) is 24.9. The highest BCUT2D eigenvalue weighted by molar-refractivity contribution is 6.05. The van der Waals surface area contributed by atoms with Crippen LogP contribution < -0.4 is 9.80 Å². The molecule has 340 valence electrons. The molecule has 0 aliphatic heterocycles. The first kappa shape index (κ1) is 42.8. The molecule has 2 nitrogen and oxygen atoms in total. The zero-order chi connectivity index (χ0) is 48.2. The zero-order valence-electron chi connectivity index (χ0n) is 40.1. The zero-order valence-corrected chi connectivity index (χ0v) is 40.1. The molecule has 0 unspecified atom stereocenters. The highest BCUT2D eigenvalue weighted by atomic mass is 15.1. The van der Waals surface area contributed by atoms with E-state index in [0.717, 1.165) is 45.3 Å². The van der Waals surface area contributed by atoms with Crippen LogP contribution in [0.3, 0.4) is 0 Å². The van der Waals surface area contributed by atoms with Crippen molar-refractivity contribution in [2.45, 2.75) is 12.3 Å². The predicted molar refractivity (Wildman–Crippen MR) is 306 cm³/mol. The van der Waals surface area contributed by atoms with Crippen LogP contribution in [0.1, 0.15) is 34.7 Å². The van der Waals surface area contributed by atoms with Crippen LogP contribution >= 0.6 is 0 Å². The van der Waals surface area contributed by atoms with Gasteiger partial charge in [-0.05, 0) is 192 Å². The van der Waals surface area contributed by atoms with E-state index in [9.17, 15) is 0 Å². The number of hydrogen-bond acceptors (Lipinski definition) is 2. The van der Waals surface area contributed by atoms with Crippen molar-refractivity contribution >= 4 is 61.2 Å². The molecule has 0 bridgehead atoms. The SMILES string of the molecule is C=C/C(=C\C=C/C)c1cccc(N(c2ccccc2)c2ccc3cc4c(cc3c2)C2(c3ccccc3-c3ccccc32)c2cc3cc(N(c5ccccc5)c5cccc(-c6ccccc6)c5)ccc3cc2-4)c1. The molecule has 0 aromatic heterocycles. The van der Waals surface area contributed by atoms with Gasteiger partial charge in [0.1, 0.15) is 0 Å². The van der Waals surface area contributed by atoms with E-state index in [0.29, 0.717) is 0 Å². The Morgan fingerprint density at radius 1 is 0.361 bits per heavy atom. The number of para-hydroxylation sites is 2. The molecule has 0 saturated carbocycles. The third kappa shape index (κ3) is 6.94. The average molecular weight is 919 g/mol. The monoisotopic (exact) mass is 918 g/mol. The van der Waals surface area contributed by atoms with E-state index in [2.05, 4.69) is 277 Å². The number of nitrogens with zero attached hydrogens (tertiary/aromatic N) is 2. The molecule has 2 heteroatoms. The quantitative estimate of drug-likeness (QED) is 0.126. The lowest BCUT2D eigenvalue weighted by molar-refractivity contribution is 0.796. The van der Waals surface area contributed by atoms with E-state index in [1.165, 1.54) is 77.2 Å². The molecule has 0 atom stereocenters. The van der Waals surface area contributed by atoms with Gasteiger partial charge in [0, 0.05) is 34.1 Å². The second-order valence-corrected chi connectivity index (χ2v) is 18.9. The Balaban J connectivity index is 1.01. The molecule has 0 heterocycles. The Hall–Kier alpha value is -9.24. The van der Waals surface area contributed by atoms with Crippen molar-refractivity contribution in [2.24, 2.45) is 0 Å². The van der Waals surface area contributed by atoms with Gasteiger partial charge in [-0.3, -0.25) is 0 Å². The summed E-state index contributed by atoms with van der Waals surface area (Å²) in [5.41, 5.74) is 21.1. The lowest BCUT2D eigenvalue weighted by Crippen LogP contribution is -2.25. The van der Waals surface area contributed by atoms with Crippen LogP contribution in [0.4, 0.5) is 34.1 Å². The number of rotatable bonds is 10. The van der Waals surface area contributed by atoms with Crippen LogP contribution in [0.15, 0.2) is 280 Å².